The van der Waals surface area contributed by atoms with Crippen molar-refractivity contribution in [1.82, 2.24) is 0 Å². The van der Waals surface area contributed by atoms with Gasteiger partial charge < -0.3 is 9.80 Å². The Balaban J connectivity index is 1.02. The molecule has 7 aliphatic carbocycles. The Hall–Kier alpha value is -6.64. The zero-order valence-corrected chi connectivity index (χ0v) is 48.6. The predicted octanol–water partition coefficient (Wildman–Crippen LogP) is 21.5. The van der Waals surface area contributed by atoms with Crippen LogP contribution < -0.4 is 9.80 Å². The molecule has 8 aromatic carbocycles. The average molecular weight is 1020 g/mol. The van der Waals surface area contributed by atoms with Gasteiger partial charge in [0.25, 0.3) is 0 Å². The molecule has 0 amide bonds. The van der Waals surface area contributed by atoms with E-state index < -0.39 is 0 Å². The molecular weight excluding hydrogens is 941 g/mol. The van der Waals surface area contributed by atoms with Gasteiger partial charge >= 0.3 is 0 Å². The van der Waals surface area contributed by atoms with Gasteiger partial charge in [-0.15, -0.1) is 0 Å². The molecule has 394 valence electrons. The van der Waals surface area contributed by atoms with Gasteiger partial charge in [-0.05, 0) is 230 Å². The van der Waals surface area contributed by atoms with Crippen LogP contribution in [0.2, 0.25) is 0 Å². The van der Waals surface area contributed by atoms with E-state index in [1.165, 1.54) is 133 Å². The molecule has 7 aliphatic rings. The summed E-state index contributed by atoms with van der Waals surface area (Å²) in [7, 11) is 0. The molecule has 4 saturated carbocycles. The van der Waals surface area contributed by atoms with Gasteiger partial charge in [-0.1, -0.05) is 174 Å². The lowest BCUT2D eigenvalue weighted by atomic mass is 9.42. The van der Waals surface area contributed by atoms with Crippen molar-refractivity contribution >= 4 is 34.1 Å². The van der Waals surface area contributed by atoms with Crippen molar-refractivity contribution in [2.45, 2.75) is 155 Å². The van der Waals surface area contributed by atoms with Crippen LogP contribution in [-0.4, -0.2) is 0 Å². The summed E-state index contributed by atoms with van der Waals surface area (Å²) in [5, 5.41) is 0. The van der Waals surface area contributed by atoms with E-state index in [1.807, 2.05) is 0 Å². The fourth-order valence-electron chi connectivity index (χ4n) is 17.2. The minimum atomic E-state index is -0.253. The summed E-state index contributed by atoms with van der Waals surface area (Å²) in [4.78, 5) is 5.18. The van der Waals surface area contributed by atoms with Crippen molar-refractivity contribution in [2.75, 3.05) is 9.80 Å². The molecule has 0 heterocycles. The molecule has 0 unspecified atom stereocenters. The first-order chi connectivity index (χ1) is 37.5. The van der Waals surface area contributed by atoms with Crippen LogP contribution in [0.25, 0.3) is 33.4 Å². The fraction of sp³-hybridized carbons (Fsp3) is 0.368. The summed E-state index contributed by atoms with van der Waals surface area (Å²) in [5.41, 5.74) is 30.4. The summed E-state index contributed by atoms with van der Waals surface area (Å²) in [5.74, 6) is 4.70. The lowest BCUT2D eigenvalue weighted by molar-refractivity contribution is -0.0404. The monoisotopic (exact) mass is 1020 g/mol. The van der Waals surface area contributed by atoms with Crippen molar-refractivity contribution in [3.05, 3.63) is 213 Å². The first kappa shape index (κ1) is 49.6. The topological polar surface area (TPSA) is 6.48 Å². The maximum atomic E-state index is 2.81. The summed E-state index contributed by atoms with van der Waals surface area (Å²) in [6.07, 6.45) is 6.76. The van der Waals surface area contributed by atoms with E-state index in [4.69, 9.17) is 0 Å². The summed E-state index contributed by atoms with van der Waals surface area (Å²) < 4.78 is 0. The van der Waals surface area contributed by atoms with Crippen LogP contribution in [0.1, 0.15) is 194 Å². The fourth-order valence-corrected chi connectivity index (χ4v) is 17.2. The molecule has 15 rings (SSSR count). The number of rotatable bonds is 10. The van der Waals surface area contributed by atoms with E-state index in [0.717, 1.165) is 11.8 Å². The Labute approximate surface area is 467 Å². The zero-order chi connectivity index (χ0) is 53.9. The van der Waals surface area contributed by atoms with Crippen LogP contribution >= 0.6 is 0 Å². The van der Waals surface area contributed by atoms with E-state index in [-0.39, 0.29) is 16.2 Å². The molecule has 0 saturated heterocycles. The van der Waals surface area contributed by atoms with E-state index in [1.54, 1.807) is 22.3 Å². The van der Waals surface area contributed by atoms with Crippen LogP contribution in [0, 0.1) is 23.7 Å². The molecule has 2 nitrogen and oxygen atoms in total. The highest BCUT2D eigenvalue weighted by Crippen LogP contribution is 2.74. The largest absolute Gasteiger partial charge is 0.310 e. The van der Waals surface area contributed by atoms with Crippen molar-refractivity contribution in [1.29, 1.82) is 0 Å². The minimum Gasteiger partial charge on any atom is -0.310 e. The molecule has 4 fully saturated rings. The van der Waals surface area contributed by atoms with Gasteiger partial charge in [-0.25, -0.2) is 0 Å². The molecule has 0 aromatic heterocycles. The third-order valence-corrected chi connectivity index (χ3v) is 20.9. The number of nitrogens with zero attached hydrogens (tertiary/aromatic N) is 2. The Morgan fingerprint density at radius 2 is 0.769 bits per heavy atom. The van der Waals surface area contributed by atoms with Gasteiger partial charge in [-0.2, -0.15) is 0 Å². The van der Waals surface area contributed by atoms with Gasteiger partial charge in [0.2, 0.25) is 0 Å². The molecule has 0 radical (unpaired) electrons. The zero-order valence-electron chi connectivity index (χ0n) is 48.6. The first-order valence-corrected chi connectivity index (χ1v) is 30.1. The summed E-state index contributed by atoms with van der Waals surface area (Å²) >= 11 is 0. The lowest BCUT2D eigenvalue weighted by Gasteiger charge is -2.61. The smallest absolute Gasteiger partial charge is 0.0546 e. The van der Waals surface area contributed by atoms with E-state index >= 15 is 0 Å². The molecular formula is C76H80N2. The number of benzene rings is 8. The van der Waals surface area contributed by atoms with Crippen molar-refractivity contribution in [3.8, 4) is 33.4 Å². The van der Waals surface area contributed by atoms with Gasteiger partial charge in [0.1, 0.15) is 0 Å². The van der Waals surface area contributed by atoms with Gasteiger partial charge in [0.15, 0.2) is 0 Å². The standard InChI is InChI=1S/C76H80N2/c1-44(2)50-17-25-56(26-18-50)77(57-27-19-51(20-28-57)45(3)4)60-33-34-61-62-35-36-64-69-67(76(72(64)71(62)75(11,12)66(61)42-60)54-38-48-37-49(40-54)41-55(76)39-48)43-68(70-63-15-13-14-16-65(63)74(9,10)73(69)70)78(58-29-21-52(22-30-58)46(5)6)59-31-23-53(24-32-59)47(7)8/h13-36,42-49,54-55H,37-41H2,1-12H3. The van der Waals surface area contributed by atoms with Crippen molar-refractivity contribution in [3.63, 3.8) is 0 Å². The quantitative estimate of drug-likeness (QED) is 0.135. The van der Waals surface area contributed by atoms with E-state index in [9.17, 15) is 0 Å². The summed E-state index contributed by atoms with van der Waals surface area (Å²) in [6.45, 7) is 28.7. The molecule has 0 N–H and O–H groups in total. The average Bonchev–Trinajstić information content (AvgIpc) is 2.13. The van der Waals surface area contributed by atoms with Crippen LogP contribution in [0.15, 0.2) is 158 Å². The van der Waals surface area contributed by atoms with Crippen LogP contribution in [-0.2, 0) is 16.2 Å². The predicted molar refractivity (Wildman–Crippen MR) is 331 cm³/mol. The Morgan fingerprint density at radius 1 is 0.346 bits per heavy atom. The second-order valence-electron chi connectivity index (χ2n) is 27.3. The molecule has 2 heteroatoms. The maximum absolute atomic E-state index is 2.81. The number of anilines is 6. The highest BCUT2D eigenvalue weighted by molar-refractivity contribution is 6.04. The molecule has 78 heavy (non-hydrogen) atoms. The SMILES string of the molecule is CC(C)c1ccc(N(c2ccc(C(C)C)cc2)c2ccc3c(c2)C(C)(C)c2c-3ccc3c2C2(c4cc(N(c5ccc(C(C)C)cc5)c5ccc(C(C)C)cc5)c5c(c4-3)C(C)(C)c3ccccc3-5)C3CC4CC(C3)CC2C4)cc1. The Bertz CT molecular complexity index is 3540. The van der Waals surface area contributed by atoms with E-state index in [2.05, 4.69) is 251 Å². The second kappa shape index (κ2) is 17.7. The van der Waals surface area contributed by atoms with Crippen molar-refractivity contribution < 1.29 is 0 Å². The third kappa shape index (κ3) is 7.05. The van der Waals surface area contributed by atoms with Gasteiger partial charge in [0, 0.05) is 50.2 Å². The highest BCUT2D eigenvalue weighted by Gasteiger charge is 2.65. The molecule has 1 spiro atoms. The second-order valence-corrected chi connectivity index (χ2v) is 27.3. The molecule has 4 bridgehead atoms. The normalized spacial score (nSPS) is 22.1. The molecule has 0 atom stereocenters. The van der Waals surface area contributed by atoms with Crippen molar-refractivity contribution in [2.24, 2.45) is 23.7 Å². The highest BCUT2D eigenvalue weighted by atomic mass is 15.2. The lowest BCUT2D eigenvalue weighted by Crippen LogP contribution is -2.56. The number of fused-ring (bicyclic) bond motifs is 11. The minimum absolute atomic E-state index is 0.1000. The third-order valence-electron chi connectivity index (χ3n) is 20.9. The van der Waals surface area contributed by atoms with Crippen LogP contribution in [0.5, 0.6) is 0 Å². The van der Waals surface area contributed by atoms with E-state index in [0.29, 0.717) is 35.5 Å². The maximum Gasteiger partial charge on any atom is 0.0546 e. The first-order valence-electron chi connectivity index (χ1n) is 30.1. The Kier molecular flexibility index (Phi) is 11.3. The van der Waals surface area contributed by atoms with Gasteiger partial charge in [0.05, 0.1) is 5.69 Å². The summed E-state index contributed by atoms with van der Waals surface area (Å²) in [6, 6.07) is 62.9. The Morgan fingerprint density at radius 3 is 1.26 bits per heavy atom. The number of hydrogen-bond donors (Lipinski definition) is 0. The molecule has 8 aromatic rings. The van der Waals surface area contributed by atoms with Crippen LogP contribution in [0.3, 0.4) is 0 Å². The van der Waals surface area contributed by atoms with Gasteiger partial charge in [-0.3, -0.25) is 0 Å². The van der Waals surface area contributed by atoms with Crippen LogP contribution in [0.4, 0.5) is 34.1 Å². The number of hydrogen-bond acceptors (Lipinski definition) is 2. The molecule has 0 aliphatic heterocycles.